The van der Waals surface area contributed by atoms with Crippen LogP contribution in [0.1, 0.15) is 5.69 Å². The number of hydrogen-bond donors (Lipinski definition) is 2. The number of morpholine rings is 1. The Morgan fingerprint density at radius 1 is 1.00 bits per heavy atom. The minimum atomic E-state index is -0.654. The van der Waals surface area contributed by atoms with Gasteiger partial charge in [-0.05, 0) is 42.6 Å². The van der Waals surface area contributed by atoms with Crippen LogP contribution in [0.2, 0.25) is 0 Å². The molecular weight excluding hydrogens is 400 g/mol. The average Bonchev–Trinajstić information content (AvgIpc) is 3.18. The zero-order chi connectivity index (χ0) is 21.4. The number of aromatic amines is 1. The molecule has 5 rings (SSSR count). The second-order valence-corrected chi connectivity index (χ2v) is 7.55. The number of pyridine rings is 1. The molecule has 31 heavy (non-hydrogen) atoms. The van der Waals surface area contributed by atoms with Gasteiger partial charge in [0.1, 0.15) is 17.5 Å². The molecule has 1 aliphatic heterocycles. The van der Waals surface area contributed by atoms with E-state index in [1.807, 2.05) is 31.2 Å². The van der Waals surface area contributed by atoms with Gasteiger partial charge in [-0.15, -0.1) is 0 Å². The van der Waals surface area contributed by atoms with Crippen molar-refractivity contribution in [1.29, 1.82) is 0 Å². The largest absolute Gasteiger partial charge is 0.378 e. The lowest BCUT2D eigenvalue weighted by molar-refractivity contribution is 0.122. The van der Waals surface area contributed by atoms with Gasteiger partial charge in [0.05, 0.1) is 18.9 Å². The quantitative estimate of drug-likeness (QED) is 0.496. The first-order valence-electron chi connectivity index (χ1n) is 10.1. The molecule has 6 nitrogen and oxygen atoms in total. The molecule has 1 fully saturated rings. The van der Waals surface area contributed by atoms with Gasteiger partial charge in [0, 0.05) is 47.6 Å². The van der Waals surface area contributed by atoms with Gasteiger partial charge in [0.15, 0.2) is 5.82 Å². The highest BCUT2D eigenvalue weighted by atomic mass is 19.1. The zero-order valence-corrected chi connectivity index (χ0v) is 17.0. The van der Waals surface area contributed by atoms with E-state index in [0.717, 1.165) is 41.3 Å². The number of aryl methyl sites for hydroxylation is 1. The van der Waals surface area contributed by atoms with Crippen LogP contribution in [0.3, 0.4) is 0 Å². The molecule has 1 saturated heterocycles. The number of nitrogens with one attached hydrogen (secondary N) is 2. The number of hydrogen-bond acceptors (Lipinski definition) is 5. The van der Waals surface area contributed by atoms with Gasteiger partial charge >= 0.3 is 0 Å². The van der Waals surface area contributed by atoms with E-state index < -0.39 is 11.6 Å². The normalized spacial score (nSPS) is 14.2. The highest BCUT2D eigenvalue weighted by Crippen LogP contribution is 2.34. The van der Waals surface area contributed by atoms with Crippen LogP contribution in [0.25, 0.3) is 22.0 Å². The Morgan fingerprint density at radius 3 is 2.58 bits per heavy atom. The third-order valence-electron chi connectivity index (χ3n) is 5.34. The summed E-state index contributed by atoms with van der Waals surface area (Å²) in [6, 6.07) is 13.3. The number of fused-ring (bicyclic) bond motifs is 1. The molecule has 0 saturated carbocycles. The molecule has 3 heterocycles. The summed E-state index contributed by atoms with van der Waals surface area (Å²) in [7, 11) is 0. The molecule has 8 heteroatoms. The van der Waals surface area contributed by atoms with Gasteiger partial charge < -0.3 is 15.0 Å². The van der Waals surface area contributed by atoms with Crippen molar-refractivity contribution in [2.45, 2.75) is 6.92 Å². The number of halogens is 2. The number of anilines is 3. The molecule has 0 radical (unpaired) electrons. The summed E-state index contributed by atoms with van der Waals surface area (Å²) in [5, 5.41) is 11.9. The first kappa shape index (κ1) is 19.4. The van der Waals surface area contributed by atoms with Gasteiger partial charge in [-0.25, -0.2) is 13.8 Å². The van der Waals surface area contributed by atoms with Crippen LogP contribution >= 0.6 is 0 Å². The lowest BCUT2D eigenvalue weighted by atomic mass is 10.0. The topological polar surface area (TPSA) is 66.1 Å². The molecule has 1 aliphatic rings. The molecule has 2 N–H and O–H groups in total. The standard InChI is InChI=1S/C23H21F2N5O/c1-14-10-22(29-28-14)26-21-12-15-11-17(30-6-8-31-9-7-30)3-5-18(15)23(27-21)19-4-2-16(24)13-20(19)25/h2-5,10-13H,6-9H2,1H3,(H2,26,27,28,29). The number of benzene rings is 2. The Balaban J connectivity index is 1.65. The van der Waals surface area contributed by atoms with E-state index in [1.54, 1.807) is 0 Å². The van der Waals surface area contributed by atoms with Gasteiger partial charge in [-0.3, -0.25) is 5.10 Å². The monoisotopic (exact) mass is 421 g/mol. The van der Waals surface area contributed by atoms with E-state index in [4.69, 9.17) is 4.74 Å². The van der Waals surface area contributed by atoms with Gasteiger partial charge in [-0.2, -0.15) is 5.10 Å². The van der Waals surface area contributed by atoms with E-state index in [0.29, 0.717) is 30.5 Å². The fourth-order valence-corrected chi connectivity index (χ4v) is 3.83. The average molecular weight is 421 g/mol. The minimum Gasteiger partial charge on any atom is -0.378 e. The van der Waals surface area contributed by atoms with Crippen LogP contribution in [-0.2, 0) is 4.74 Å². The molecule has 2 aromatic heterocycles. The SMILES string of the molecule is Cc1cc(Nc2cc3cc(N4CCOCC4)ccc3c(-c3ccc(F)cc3F)n2)n[nH]1. The molecule has 2 aromatic carbocycles. The van der Waals surface area contributed by atoms with Crippen molar-refractivity contribution in [3.63, 3.8) is 0 Å². The van der Waals surface area contributed by atoms with Crippen molar-refractivity contribution in [3.05, 3.63) is 65.9 Å². The summed E-state index contributed by atoms with van der Waals surface area (Å²) in [5.41, 5.74) is 2.66. The number of ether oxygens (including phenoxy) is 1. The number of rotatable bonds is 4. The summed E-state index contributed by atoms with van der Waals surface area (Å²) < 4.78 is 33.6. The lowest BCUT2D eigenvalue weighted by Gasteiger charge is -2.29. The van der Waals surface area contributed by atoms with Gasteiger partial charge in [0.2, 0.25) is 0 Å². The summed E-state index contributed by atoms with van der Waals surface area (Å²) in [6.45, 7) is 4.90. The Labute approximate surface area is 177 Å². The van der Waals surface area contributed by atoms with E-state index in [2.05, 4.69) is 31.5 Å². The van der Waals surface area contributed by atoms with Crippen LogP contribution in [0.15, 0.2) is 48.5 Å². The second-order valence-electron chi connectivity index (χ2n) is 7.55. The number of H-pyrrole nitrogens is 1. The molecule has 0 bridgehead atoms. The Morgan fingerprint density at radius 2 is 1.84 bits per heavy atom. The Hall–Kier alpha value is -3.52. The van der Waals surface area contributed by atoms with E-state index in [-0.39, 0.29) is 5.56 Å². The van der Waals surface area contributed by atoms with Crippen molar-refractivity contribution in [3.8, 4) is 11.3 Å². The van der Waals surface area contributed by atoms with E-state index in [1.165, 1.54) is 12.1 Å². The molecule has 158 valence electrons. The zero-order valence-electron chi connectivity index (χ0n) is 17.0. The smallest absolute Gasteiger partial charge is 0.153 e. The molecule has 0 amide bonds. The predicted molar refractivity (Wildman–Crippen MR) is 117 cm³/mol. The fourth-order valence-electron chi connectivity index (χ4n) is 3.83. The number of aromatic nitrogens is 3. The minimum absolute atomic E-state index is 0.243. The maximum Gasteiger partial charge on any atom is 0.153 e. The van der Waals surface area contributed by atoms with Crippen LogP contribution < -0.4 is 10.2 Å². The number of nitrogens with zero attached hydrogens (tertiary/aromatic N) is 3. The van der Waals surface area contributed by atoms with Crippen molar-refractivity contribution < 1.29 is 13.5 Å². The molecule has 0 unspecified atom stereocenters. The third-order valence-corrected chi connectivity index (χ3v) is 5.34. The summed E-state index contributed by atoms with van der Waals surface area (Å²) >= 11 is 0. The molecule has 0 atom stereocenters. The summed E-state index contributed by atoms with van der Waals surface area (Å²) in [6.07, 6.45) is 0. The lowest BCUT2D eigenvalue weighted by Crippen LogP contribution is -2.36. The van der Waals surface area contributed by atoms with Crippen molar-refractivity contribution in [2.24, 2.45) is 0 Å². The molecule has 0 spiro atoms. The fraction of sp³-hybridized carbons (Fsp3) is 0.217. The van der Waals surface area contributed by atoms with E-state index in [9.17, 15) is 8.78 Å². The van der Waals surface area contributed by atoms with Gasteiger partial charge in [-0.1, -0.05) is 6.07 Å². The maximum atomic E-state index is 14.7. The second kappa shape index (κ2) is 7.96. The van der Waals surface area contributed by atoms with Gasteiger partial charge in [0.25, 0.3) is 0 Å². The summed E-state index contributed by atoms with van der Waals surface area (Å²) in [5.74, 6) is -0.142. The first-order chi connectivity index (χ1) is 15.1. The van der Waals surface area contributed by atoms with Crippen molar-refractivity contribution >= 4 is 28.1 Å². The van der Waals surface area contributed by atoms with Crippen LogP contribution in [-0.4, -0.2) is 41.5 Å². The Bertz CT molecular complexity index is 1250. The first-order valence-corrected chi connectivity index (χ1v) is 10.1. The summed E-state index contributed by atoms with van der Waals surface area (Å²) in [4.78, 5) is 6.90. The molecular formula is C23H21F2N5O. The van der Waals surface area contributed by atoms with Crippen LogP contribution in [0.5, 0.6) is 0 Å². The Kier molecular flexibility index (Phi) is 4.99. The van der Waals surface area contributed by atoms with Crippen LogP contribution in [0, 0.1) is 18.6 Å². The van der Waals surface area contributed by atoms with Crippen molar-refractivity contribution in [1.82, 2.24) is 15.2 Å². The molecule has 0 aliphatic carbocycles. The highest BCUT2D eigenvalue weighted by Gasteiger charge is 2.17. The van der Waals surface area contributed by atoms with Crippen molar-refractivity contribution in [2.75, 3.05) is 36.5 Å². The maximum absolute atomic E-state index is 14.7. The molecule has 4 aromatic rings. The highest BCUT2D eigenvalue weighted by molar-refractivity contribution is 5.98. The van der Waals surface area contributed by atoms with Crippen LogP contribution in [0.4, 0.5) is 26.1 Å². The third kappa shape index (κ3) is 3.94. The van der Waals surface area contributed by atoms with E-state index >= 15 is 0 Å². The predicted octanol–water partition coefficient (Wildman–Crippen LogP) is 4.79.